The molecule has 0 saturated heterocycles. The van der Waals surface area contributed by atoms with E-state index >= 15 is 0 Å². The number of carbonyl (C=O) groups excluding carboxylic acids is 1. The lowest BCUT2D eigenvalue weighted by atomic mass is 9.94. The number of esters is 1. The van der Waals surface area contributed by atoms with Crippen molar-refractivity contribution in [3.05, 3.63) is 12.7 Å². The second-order valence-corrected chi connectivity index (χ2v) is 3.48. The molecule has 0 spiro atoms. The van der Waals surface area contributed by atoms with Gasteiger partial charge in [0.15, 0.2) is 0 Å². The largest absolute Gasteiger partial charge is 0.490 e. The Hall–Kier alpha value is -1.04. The third kappa shape index (κ3) is 3.91. The molecule has 0 amide bonds. The fourth-order valence-electron chi connectivity index (χ4n) is 0.877. The SMILES string of the molecule is C=CC[C@](C)(OC(=O)C(F)(F)F)[C@H](C)N. The van der Waals surface area contributed by atoms with Crippen LogP contribution in [-0.2, 0) is 9.53 Å². The van der Waals surface area contributed by atoms with E-state index in [9.17, 15) is 18.0 Å². The molecule has 0 aromatic heterocycles. The zero-order valence-electron chi connectivity index (χ0n) is 8.60. The van der Waals surface area contributed by atoms with Gasteiger partial charge in [-0.15, -0.1) is 6.58 Å². The summed E-state index contributed by atoms with van der Waals surface area (Å²) in [5.41, 5.74) is 4.08. The van der Waals surface area contributed by atoms with Gasteiger partial charge in [0.1, 0.15) is 5.60 Å². The number of hydrogen-bond acceptors (Lipinski definition) is 3. The van der Waals surface area contributed by atoms with Crippen LogP contribution in [0.2, 0.25) is 0 Å². The Morgan fingerprint density at radius 3 is 2.33 bits per heavy atom. The van der Waals surface area contributed by atoms with Crippen LogP contribution >= 0.6 is 0 Å². The lowest BCUT2D eigenvalue weighted by molar-refractivity contribution is -0.213. The highest BCUT2D eigenvalue weighted by Gasteiger charge is 2.45. The Balaban J connectivity index is 4.70. The second kappa shape index (κ2) is 4.65. The highest BCUT2D eigenvalue weighted by atomic mass is 19.4. The fraction of sp³-hybridized carbons (Fsp3) is 0.667. The summed E-state index contributed by atoms with van der Waals surface area (Å²) < 4.78 is 40.2. The lowest BCUT2D eigenvalue weighted by Gasteiger charge is -2.32. The molecule has 0 aliphatic carbocycles. The Morgan fingerprint density at radius 2 is 2.07 bits per heavy atom. The maximum Gasteiger partial charge on any atom is 0.490 e. The van der Waals surface area contributed by atoms with Gasteiger partial charge in [0, 0.05) is 12.5 Å². The van der Waals surface area contributed by atoms with Crippen LogP contribution < -0.4 is 5.73 Å². The first-order chi connectivity index (χ1) is 6.63. The van der Waals surface area contributed by atoms with Crippen molar-refractivity contribution in [1.29, 1.82) is 0 Å². The average Bonchev–Trinajstić information content (AvgIpc) is 2.02. The van der Waals surface area contributed by atoms with Crippen molar-refractivity contribution in [3.8, 4) is 0 Å². The molecule has 0 aromatic carbocycles. The molecule has 0 unspecified atom stereocenters. The van der Waals surface area contributed by atoms with Crippen molar-refractivity contribution in [2.75, 3.05) is 0 Å². The van der Waals surface area contributed by atoms with E-state index in [2.05, 4.69) is 11.3 Å². The van der Waals surface area contributed by atoms with Gasteiger partial charge in [-0.2, -0.15) is 13.2 Å². The molecular weight excluding hydrogens is 211 g/mol. The van der Waals surface area contributed by atoms with Crippen LogP contribution in [0.15, 0.2) is 12.7 Å². The van der Waals surface area contributed by atoms with E-state index < -0.39 is 23.8 Å². The molecule has 0 aliphatic heterocycles. The molecule has 15 heavy (non-hydrogen) atoms. The fourth-order valence-corrected chi connectivity index (χ4v) is 0.877. The van der Waals surface area contributed by atoms with Crippen LogP contribution in [0.5, 0.6) is 0 Å². The first-order valence-corrected chi connectivity index (χ1v) is 4.30. The van der Waals surface area contributed by atoms with Crippen LogP contribution in [0.3, 0.4) is 0 Å². The minimum absolute atomic E-state index is 0.0620. The quantitative estimate of drug-likeness (QED) is 0.586. The molecule has 2 atom stereocenters. The smallest absolute Gasteiger partial charge is 0.451 e. The van der Waals surface area contributed by atoms with E-state index in [1.54, 1.807) is 0 Å². The summed E-state index contributed by atoms with van der Waals surface area (Å²) in [5, 5.41) is 0. The topological polar surface area (TPSA) is 52.3 Å². The van der Waals surface area contributed by atoms with Crippen molar-refractivity contribution >= 4 is 5.97 Å². The highest BCUT2D eigenvalue weighted by Crippen LogP contribution is 2.25. The van der Waals surface area contributed by atoms with Crippen LogP contribution in [0, 0.1) is 0 Å². The van der Waals surface area contributed by atoms with E-state index in [-0.39, 0.29) is 6.42 Å². The third-order valence-electron chi connectivity index (χ3n) is 2.07. The molecule has 0 radical (unpaired) electrons. The molecular formula is C9H14F3NO2. The summed E-state index contributed by atoms with van der Waals surface area (Å²) in [5.74, 6) is -2.23. The summed E-state index contributed by atoms with van der Waals surface area (Å²) in [7, 11) is 0. The van der Waals surface area contributed by atoms with Gasteiger partial charge in [-0.05, 0) is 13.8 Å². The predicted octanol–water partition coefficient (Wildman–Crippen LogP) is 1.77. The first-order valence-electron chi connectivity index (χ1n) is 4.30. The Labute approximate surface area is 86.1 Å². The standard InChI is InChI=1S/C9H14F3NO2/c1-4-5-8(3,6(2)13)15-7(14)9(10,11)12/h4,6H,1,5,13H2,2-3H3/t6-,8-/m0/s1. The van der Waals surface area contributed by atoms with E-state index in [0.717, 1.165) is 0 Å². The van der Waals surface area contributed by atoms with Gasteiger partial charge in [0.2, 0.25) is 0 Å². The van der Waals surface area contributed by atoms with Gasteiger partial charge in [-0.1, -0.05) is 6.08 Å². The number of carbonyl (C=O) groups is 1. The van der Waals surface area contributed by atoms with Crippen LogP contribution in [0.4, 0.5) is 13.2 Å². The molecule has 6 heteroatoms. The number of alkyl halides is 3. The number of rotatable bonds is 4. The van der Waals surface area contributed by atoms with Crippen LogP contribution in [-0.4, -0.2) is 23.8 Å². The number of hydrogen-bond donors (Lipinski definition) is 1. The van der Waals surface area contributed by atoms with Crippen LogP contribution in [0.1, 0.15) is 20.3 Å². The summed E-state index contributed by atoms with van der Waals surface area (Å²) in [4.78, 5) is 10.6. The van der Waals surface area contributed by atoms with Gasteiger partial charge in [-0.25, -0.2) is 4.79 Å². The summed E-state index contributed by atoms with van der Waals surface area (Å²) in [6.45, 7) is 6.17. The maximum atomic E-state index is 11.9. The molecule has 0 aliphatic rings. The average molecular weight is 225 g/mol. The first kappa shape index (κ1) is 14.0. The van der Waals surface area contributed by atoms with Gasteiger partial charge < -0.3 is 10.5 Å². The van der Waals surface area contributed by atoms with E-state index in [0.29, 0.717) is 0 Å². The summed E-state index contributed by atoms with van der Waals surface area (Å²) in [6.07, 6.45) is -3.59. The van der Waals surface area contributed by atoms with Crippen molar-refractivity contribution < 1.29 is 22.7 Å². The van der Waals surface area contributed by atoms with Gasteiger partial charge in [-0.3, -0.25) is 0 Å². The van der Waals surface area contributed by atoms with Crippen LogP contribution in [0.25, 0.3) is 0 Å². The Kier molecular flexibility index (Phi) is 4.33. The highest BCUT2D eigenvalue weighted by molar-refractivity contribution is 5.76. The minimum atomic E-state index is -5.00. The Morgan fingerprint density at radius 1 is 1.60 bits per heavy atom. The Bertz CT molecular complexity index is 250. The molecule has 0 aromatic rings. The summed E-state index contributed by atoms with van der Waals surface area (Å²) >= 11 is 0. The van der Waals surface area contributed by atoms with Crippen molar-refractivity contribution in [1.82, 2.24) is 0 Å². The van der Waals surface area contributed by atoms with E-state index in [4.69, 9.17) is 5.73 Å². The molecule has 0 saturated carbocycles. The van der Waals surface area contributed by atoms with E-state index in [1.165, 1.54) is 19.9 Å². The van der Waals surface area contributed by atoms with Crippen molar-refractivity contribution in [2.24, 2.45) is 5.73 Å². The zero-order valence-corrected chi connectivity index (χ0v) is 8.60. The van der Waals surface area contributed by atoms with Gasteiger partial charge >= 0.3 is 12.1 Å². The monoisotopic (exact) mass is 225 g/mol. The normalized spacial score (nSPS) is 17.7. The summed E-state index contributed by atoms with van der Waals surface area (Å²) in [6, 6.07) is -0.721. The molecule has 0 heterocycles. The maximum absolute atomic E-state index is 11.9. The molecule has 0 fully saturated rings. The van der Waals surface area contributed by atoms with Crippen molar-refractivity contribution in [3.63, 3.8) is 0 Å². The van der Waals surface area contributed by atoms with Crippen molar-refractivity contribution in [2.45, 2.75) is 38.1 Å². The number of halogens is 3. The number of ether oxygens (including phenoxy) is 1. The van der Waals surface area contributed by atoms with Gasteiger partial charge in [0.05, 0.1) is 0 Å². The van der Waals surface area contributed by atoms with E-state index in [1.807, 2.05) is 0 Å². The van der Waals surface area contributed by atoms with Gasteiger partial charge in [0.25, 0.3) is 0 Å². The number of nitrogens with two attached hydrogens (primary N) is 1. The second-order valence-electron chi connectivity index (χ2n) is 3.48. The lowest BCUT2D eigenvalue weighted by Crippen LogP contribution is -2.49. The minimum Gasteiger partial charge on any atom is -0.451 e. The molecule has 3 nitrogen and oxygen atoms in total. The molecule has 0 bridgehead atoms. The molecule has 2 N–H and O–H groups in total. The third-order valence-corrected chi connectivity index (χ3v) is 2.07. The molecule has 88 valence electrons. The molecule has 0 rings (SSSR count). The zero-order chi connectivity index (χ0) is 12.3. The predicted molar refractivity (Wildman–Crippen MR) is 49.0 cm³/mol.